The number of amides is 2. The lowest BCUT2D eigenvalue weighted by Crippen LogP contribution is -2.39. The maximum atomic E-state index is 12.3. The van der Waals surface area contributed by atoms with Gasteiger partial charge in [-0.3, -0.25) is 14.4 Å². The molecule has 0 spiro atoms. The monoisotopic (exact) mass is 390 g/mol. The van der Waals surface area contributed by atoms with Crippen molar-refractivity contribution in [2.75, 3.05) is 13.1 Å². The van der Waals surface area contributed by atoms with Gasteiger partial charge in [0, 0.05) is 11.1 Å². The summed E-state index contributed by atoms with van der Waals surface area (Å²) < 4.78 is 10.6. The Morgan fingerprint density at radius 3 is 2.10 bits per heavy atom. The van der Waals surface area contributed by atoms with Crippen LogP contribution in [-0.4, -0.2) is 30.9 Å². The van der Waals surface area contributed by atoms with Gasteiger partial charge in [0.1, 0.15) is 6.54 Å². The highest BCUT2D eigenvalue weighted by atomic mass is 16.5. The maximum absolute atomic E-state index is 12.3. The average molecular weight is 390 g/mol. The Morgan fingerprint density at radius 1 is 0.828 bits per heavy atom. The highest BCUT2D eigenvalue weighted by Crippen LogP contribution is 2.44. The van der Waals surface area contributed by atoms with Crippen LogP contribution in [0.2, 0.25) is 0 Å². The molecule has 0 saturated carbocycles. The number of furan rings is 1. The summed E-state index contributed by atoms with van der Waals surface area (Å²) in [7, 11) is 0. The van der Waals surface area contributed by atoms with Crippen molar-refractivity contribution in [1.82, 2.24) is 10.6 Å². The second kappa shape index (κ2) is 8.02. The van der Waals surface area contributed by atoms with Crippen LogP contribution in [0.4, 0.5) is 0 Å². The SMILES string of the molecule is O=C(CNC(=O)c1ccco1)NCC(=O)OC1c2ccccc2-c2ccccc21. The Bertz CT molecular complexity index is 1010. The number of esters is 1. The van der Waals surface area contributed by atoms with Crippen LogP contribution in [0.1, 0.15) is 27.8 Å². The highest BCUT2D eigenvalue weighted by Gasteiger charge is 2.30. The van der Waals surface area contributed by atoms with E-state index in [1.165, 1.54) is 12.3 Å². The molecule has 4 rings (SSSR count). The molecule has 7 nitrogen and oxygen atoms in total. The Labute approximate surface area is 166 Å². The van der Waals surface area contributed by atoms with E-state index in [1.54, 1.807) is 6.07 Å². The highest BCUT2D eigenvalue weighted by molar-refractivity contribution is 5.94. The summed E-state index contributed by atoms with van der Waals surface area (Å²) in [5.41, 5.74) is 3.90. The van der Waals surface area contributed by atoms with Crippen molar-refractivity contribution in [3.8, 4) is 11.1 Å². The van der Waals surface area contributed by atoms with E-state index in [0.717, 1.165) is 22.3 Å². The van der Waals surface area contributed by atoms with Crippen molar-refractivity contribution in [2.24, 2.45) is 0 Å². The molecule has 29 heavy (non-hydrogen) atoms. The number of rotatable bonds is 6. The quantitative estimate of drug-likeness (QED) is 0.630. The molecule has 2 aromatic carbocycles. The van der Waals surface area contributed by atoms with Gasteiger partial charge < -0.3 is 19.8 Å². The summed E-state index contributed by atoms with van der Waals surface area (Å²) in [6.45, 7) is -0.571. The zero-order valence-corrected chi connectivity index (χ0v) is 15.4. The van der Waals surface area contributed by atoms with E-state index in [-0.39, 0.29) is 18.8 Å². The first-order valence-electron chi connectivity index (χ1n) is 9.09. The fraction of sp³-hybridized carbons (Fsp3) is 0.136. The molecule has 0 fully saturated rings. The topological polar surface area (TPSA) is 97.6 Å². The minimum atomic E-state index is -0.563. The van der Waals surface area contributed by atoms with E-state index < -0.39 is 23.9 Å². The predicted octanol–water partition coefficient (Wildman–Crippen LogP) is 2.44. The van der Waals surface area contributed by atoms with Crippen molar-refractivity contribution in [2.45, 2.75) is 6.10 Å². The molecule has 0 unspecified atom stereocenters. The Hall–Kier alpha value is -3.87. The third kappa shape index (κ3) is 3.89. The molecular weight excluding hydrogens is 372 g/mol. The van der Waals surface area contributed by atoms with Gasteiger partial charge in [0.2, 0.25) is 5.91 Å². The van der Waals surface area contributed by atoms with Crippen LogP contribution < -0.4 is 10.6 Å². The summed E-state index contributed by atoms with van der Waals surface area (Å²) in [5.74, 6) is -1.47. The van der Waals surface area contributed by atoms with Crippen LogP contribution in [0, 0.1) is 0 Å². The fourth-order valence-corrected chi connectivity index (χ4v) is 3.30. The van der Waals surface area contributed by atoms with Crippen molar-refractivity contribution in [3.05, 3.63) is 83.8 Å². The van der Waals surface area contributed by atoms with E-state index >= 15 is 0 Å². The Balaban J connectivity index is 1.32. The summed E-state index contributed by atoms with van der Waals surface area (Å²) >= 11 is 0. The molecule has 7 heteroatoms. The number of fused-ring (bicyclic) bond motifs is 3. The van der Waals surface area contributed by atoms with E-state index in [4.69, 9.17) is 9.15 Å². The number of carbonyl (C=O) groups is 3. The molecule has 0 saturated heterocycles. The van der Waals surface area contributed by atoms with Crippen LogP contribution >= 0.6 is 0 Å². The zero-order valence-electron chi connectivity index (χ0n) is 15.4. The number of ether oxygens (including phenoxy) is 1. The number of nitrogens with one attached hydrogen (secondary N) is 2. The number of benzene rings is 2. The second-order valence-electron chi connectivity index (χ2n) is 6.48. The first kappa shape index (κ1) is 18.5. The Morgan fingerprint density at radius 2 is 1.48 bits per heavy atom. The maximum Gasteiger partial charge on any atom is 0.326 e. The van der Waals surface area contributed by atoms with Crippen molar-refractivity contribution in [3.63, 3.8) is 0 Å². The summed E-state index contributed by atoms with van der Waals surface area (Å²) in [6, 6.07) is 18.6. The molecule has 2 amide bonds. The largest absolute Gasteiger partial charge is 0.459 e. The molecule has 1 aromatic heterocycles. The van der Waals surface area contributed by atoms with Crippen LogP contribution in [0.25, 0.3) is 11.1 Å². The van der Waals surface area contributed by atoms with Crippen LogP contribution in [0.15, 0.2) is 71.3 Å². The van der Waals surface area contributed by atoms with E-state index in [9.17, 15) is 14.4 Å². The average Bonchev–Trinajstić information content (AvgIpc) is 3.39. The summed E-state index contributed by atoms with van der Waals surface area (Å²) in [6.07, 6.45) is 0.857. The molecule has 0 bridgehead atoms. The summed E-state index contributed by atoms with van der Waals surface area (Å²) in [4.78, 5) is 35.9. The van der Waals surface area contributed by atoms with E-state index in [2.05, 4.69) is 10.6 Å². The van der Waals surface area contributed by atoms with Crippen LogP contribution in [-0.2, 0) is 14.3 Å². The minimum Gasteiger partial charge on any atom is -0.459 e. The van der Waals surface area contributed by atoms with Gasteiger partial charge in [-0.15, -0.1) is 0 Å². The van der Waals surface area contributed by atoms with Gasteiger partial charge in [0.25, 0.3) is 5.91 Å². The summed E-state index contributed by atoms with van der Waals surface area (Å²) in [5, 5.41) is 4.86. The molecule has 1 heterocycles. The van der Waals surface area contributed by atoms with Gasteiger partial charge in [-0.05, 0) is 23.3 Å². The smallest absolute Gasteiger partial charge is 0.326 e. The minimum absolute atomic E-state index is 0.107. The fourth-order valence-electron chi connectivity index (χ4n) is 3.30. The number of carbonyl (C=O) groups excluding carboxylic acids is 3. The lowest BCUT2D eigenvalue weighted by Gasteiger charge is -2.15. The number of hydrogen-bond acceptors (Lipinski definition) is 5. The van der Waals surface area contributed by atoms with Crippen molar-refractivity contribution in [1.29, 1.82) is 0 Å². The third-order valence-corrected chi connectivity index (χ3v) is 4.61. The molecule has 1 aliphatic rings. The molecule has 0 radical (unpaired) electrons. The van der Waals surface area contributed by atoms with Crippen molar-refractivity contribution < 1.29 is 23.5 Å². The van der Waals surface area contributed by atoms with Crippen LogP contribution in [0.5, 0.6) is 0 Å². The van der Waals surface area contributed by atoms with Crippen LogP contribution in [0.3, 0.4) is 0 Å². The van der Waals surface area contributed by atoms with Gasteiger partial charge in [-0.1, -0.05) is 48.5 Å². The Kier molecular flexibility index (Phi) is 5.11. The number of hydrogen-bond donors (Lipinski definition) is 2. The van der Waals surface area contributed by atoms with Gasteiger partial charge in [-0.2, -0.15) is 0 Å². The standard InChI is InChI=1S/C22H18N2O5/c25-19(12-24-22(27)18-10-5-11-28-18)23-13-20(26)29-21-16-8-3-1-6-14(16)15-7-2-4-9-17(15)21/h1-11,21H,12-13H2,(H,23,25)(H,24,27). The van der Waals surface area contributed by atoms with Gasteiger partial charge in [0.05, 0.1) is 12.8 Å². The normalized spacial score (nSPS) is 12.0. The molecule has 1 aliphatic carbocycles. The van der Waals surface area contributed by atoms with E-state index in [1.807, 2.05) is 48.5 Å². The lowest BCUT2D eigenvalue weighted by molar-refractivity contribution is -0.147. The van der Waals surface area contributed by atoms with Crippen molar-refractivity contribution >= 4 is 17.8 Å². The molecule has 2 N–H and O–H groups in total. The lowest BCUT2D eigenvalue weighted by atomic mass is 10.1. The molecule has 146 valence electrons. The first-order chi connectivity index (χ1) is 14.1. The molecule has 3 aromatic rings. The molecular formula is C22H18N2O5. The van der Waals surface area contributed by atoms with E-state index in [0.29, 0.717) is 0 Å². The third-order valence-electron chi connectivity index (χ3n) is 4.61. The molecule has 0 atom stereocenters. The van der Waals surface area contributed by atoms with Gasteiger partial charge >= 0.3 is 5.97 Å². The second-order valence-corrected chi connectivity index (χ2v) is 6.48. The molecule has 0 aliphatic heterocycles. The predicted molar refractivity (Wildman–Crippen MR) is 104 cm³/mol. The zero-order chi connectivity index (χ0) is 20.2. The first-order valence-corrected chi connectivity index (χ1v) is 9.09. The van der Waals surface area contributed by atoms with Gasteiger partial charge in [-0.25, -0.2) is 0 Å². The van der Waals surface area contributed by atoms with Gasteiger partial charge in [0.15, 0.2) is 11.9 Å².